The summed E-state index contributed by atoms with van der Waals surface area (Å²) < 4.78 is 0. The summed E-state index contributed by atoms with van der Waals surface area (Å²) in [6, 6.07) is 0. The molecule has 0 aromatic heterocycles. The van der Waals surface area contributed by atoms with E-state index in [1.807, 2.05) is 27.7 Å². The smallest absolute Gasteiger partial charge is 0.317 e. The van der Waals surface area contributed by atoms with Crippen molar-refractivity contribution < 1.29 is 19.8 Å². The molecule has 4 nitrogen and oxygen atoms in total. The van der Waals surface area contributed by atoms with Gasteiger partial charge >= 0.3 is 11.9 Å². The highest BCUT2D eigenvalue weighted by molar-refractivity contribution is 5.92. The maximum absolute atomic E-state index is 10.7. The fraction of sp³-hybridized carbons (Fsp3) is 0.800. The molecule has 0 atom stereocenters. The van der Waals surface area contributed by atoms with Crippen molar-refractivity contribution in [2.24, 2.45) is 17.3 Å². The minimum absolute atomic E-state index is 0.162. The van der Waals surface area contributed by atoms with Gasteiger partial charge < -0.3 is 10.2 Å². The van der Waals surface area contributed by atoms with Crippen LogP contribution < -0.4 is 0 Å². The molecule has 0 aromatic carbocycles. The van der Waals surface area contributed by atoms with Crippen molar-refractivity contribution in [1.82, 2.24) is 0 Å². The fourth-order valence-electron chi connectivity index (χ4n) is 1.04. The van der Waals surface area contributed by atoms with Gasteiger partial charge in [-0.1, -0.05) is 27.7 Å². The monoisotopic (exact) mass is 202 g/mol. The molecule has 14 heavy (non-hydrogen) atoms. The molecule has 0 saturated heterocycles. The first-order valence-electron chi connectivity index (χ1n) is 4.64. The molecule has 0 aliphatic carbocycles. The van der Waals surface area contributed by atoms with Crippen LogP contribution in [0.4, 0.5) is 0 Å². The highest BCUT2D eigenvalue weighted by atomic mass is 16.4. The normalized spacial score (nSPS) is 12.1. The molecule has 0 spiro atoms. The SMILES string of the molecule is CC(C)C(C)(C)CC(C(=O)O)C(=O)O. The molecule has 0 aliphatic rings. The third kappa shape index (κ3) is 3.36. The van der Waals surface area contributed by atoms with Crippen LogP contribution in [0.1, 0.15) is 34.1 Å². The van der Waals surface area contributed by atoms with E-state index in [1.54, 1.807) is 0 Å². The average molecular weight is 202 g/mol. The van der Waals surface area contributed by atoms with E-state index in [-0.39, 0.29) is 17.8 Å². The molecular formula is C10H18O4. The molecule has 0 amide bonds. The van der Waals surface area contributed by atoms with Crippen LogP contribution in [0, 0.1) is 17.3 Å². The summed E-state index contributed by atoms with van der Waals surface area (Å²) in [6.45, 7) is 7.69. The topological polar surface area (TPSA) is 74.6 Å². The summed E-state index contributed by atoms with van der Waals surface area (Å²) >= 11 is 0. The maximum atomic E-state index is 10.7. The van der Waals surface area contributed by atoms with E-state index >= 15 is 0 Å². The van der Waals surface area contributed by atoms with Gasteiger partial charge in [-0.15, -0.1) is 0 Å². The predicted octanol–water partition coefficient (Wildman–Crippen LogP) is 1.84. The quantitative estimate of drug-likeness (QED) is 0.667. The molecule has 0 rings (SSSR count). The number of carbonyl (C=O) groups is 2. The number of aliphatic carboxylic acids is 2. The van der Waals surface area contributed by atoms with Crippen LogP contribution in [-0.2, 0) is 9.59 Å². The Morgan fingerprint density at radius 2 is 1.50 bits per heavy atom. The minimum Gasteiger partial charge on any atom is -0.481 e. The zero-order chi connectivity index (χ0) is 11.5. The second-order valence-electron chi connectivity index (χ2n) is 4.58. The number of hydrogen-bond acceptors (Lipinski definition) is 2. The third-order valence-corrected chi connectivity index (χ3v) is 2.89. The van der Waals surface area contributed by atoms with Crippen molar-refractivity contribution in [1.29, 1.82) is 0 Å². The maximum Gasteiger partial charge on any atom is 0.317 e. The van der Waals surface area contributed by atoms with Crippen LogP contribution in [-0.4, -0.2) is 22.2 Å². The van der Waals surface area contributed by atoms with E-state index < -0.39 is 17.9 Å². The largest absolute Gasteiger partial charge is 0.481 e. The van der Waals surface area contributed by atoms with E-state index in [0.717, 1.165) is 0 Å². The Morgan fingerprint density at radius 1 is 1.14 bits per heavy atom. The lowest BCUT2D eigenvalue weighted by Gasteiger charge is -2.30. The number of carboxylic acid groups (broad SMARTS) is 2. The molecule has 82 valence electrons. The summed E-state index contributed by atoms with van der Waals surface area (Å²) in [5.41, 5.74) is -0.276. The van der Waals surface area contributed by atoms with Crippen LogP contribution in [0.15, 0.2) is 0 Å². The van der Waals surface area contributed by atoms with Gasteiger partial charge in [0.15, 0.2) is 5.92 Å². The first kappa shape index (κ1) is 12.9. The van der Waals surface area contributed by atoms with Crippen molar-refractivity contribution >= 4 is 11.9 Å². The Labute approximate surface area is 83.9 Å². The molecule has 0 saturated carbocycles. The fourth-order valence-corrected chi connectivity index (χ4v) is 1.04. The summed E-state index contributed by atoms with van der Waals surface area (Å²) in [6.07, 6.45) is 0.162. The first-order valence-corrected chi connectivity index (χ1v) is 4.64. The van der Waals surface area contributed by atoms with E-state index in [0.29, 0.717) is 0 Å². The van der Waals surface area contributed by atoms with Gasteiger partial charge in [0.2, 0.25) is 0 Å². The van der Waals surface area contributed by atoms with Gasteiger partial charge in [-0.2, -0.15) is 0 Å². The van der Waals surface area contributed by atoms with Gasteiger partial charge in [0.05, 0.1) is 0 Å². The second kappa shape index (κ2) is 4.44. The Kier molecular flexibility index (Phi) is 4.10. The van der Waals surface area contributed by atoms with Crippen molar-refractivity contribution in [3.8, 4) is 0 Å². The van der Waals surface area contributed by atoms with Crippen LogP contribution in [0.5, 0.6) is 0 Å². The molecule has 0 fully saturated rings. The van der Waals surface area contributed by atoms with E-state index in [2.05, 4.69) is 0 Å². The number of carboxylic acids is 2. The summed E-state index contributed by atoms with van der Waals surface area (Å²) in [5.74, 6) is -3.56. The summed E-state index contributed by atoms with van der Waals surface area (Å²) in [5, 5.41) is 17.4. The molecule has 0 unspecified atom stereocenters. The van der Waals surface area contributed by atoms with Gasteiger partial charge in [-0.05, 0) is 17.8 Å². The lowest BCUT2D eigenvalue weighted by Crippen LogP contribution is -2.31. The zero-order valence-corrected chi connectivity index (χ0v) is 9.07. The highest BCUT2D eigenvalue weighted by Gasteiger charge is 2.34. The average Bonchev–Trinajstić information content (AvgIpc) is 1.98. The number of rotatable bonds is 5. The molecule has 0 aliphatic heterocycles. The van der Waals surface area contributed by atoms with Crippen molar-refractivity contribution in [2.75, 3.05) is 0 Å². The molecule has 2 N–H and O–H groups in total. The molecule has 4 heteroatoms. The first-order chi connectivity index (χ1) is 6.18. The molecule has 0 aromatic rings. The Morgan fingerprint density at radius 3 is 1.71 bits per heavy atom. The van der Waals surface area contributed by atoms with Gasteiger partial charge in [-0.3, -0.25) is 9.59 Å². The van der Waals surface area contributed by atoms with E-state index in [4.69, 9.17) is 10.2 Å². The van der Waals surface area contributed by atoms with Crippen molar-refractivity contribution in [3.63, 3.8) is 0 Å². The Hall–Kier alpha value is -1.06. The summed E-state index contributed by atoms with van der Waals surface area (Å²) in [4.78, 5) is 21.3. The van der Waals surface area contributed by atoms with Gasteiger partial charge in [0.25, 0.3) is 0 Å². The van der Waals surface area contributed by atoms with E-state index in [9.17, 15) is 9.59 Å². The molecule has 0 radical (unpaired) electrons. The Bertz CT molecular complexity index is 216. The summed E-state index contributed by atoms with van der Waals surface area (Å²) in [7, 11) is 0. The lowest BCUT2D eigenvalue weighted by atomic mass is 9.74. The van der Waals surface area contributed by atoms with Crippen LogP contribution in [0.25, 0.3) is 0 Å². The van der Waals surface area contributed by atoms with Crippen LogP contribution >= 0.6 is 0 Å². The highest BCUT2D eigenvalue weighted by Crippen LogP contribution is 2.33. The zero-order valence-electron chi connectivity index (χ0n) is 9.07. The number of hydrogen-bond donors (Lipinski definition) is 2. The minimum atomic E-state index is -1.30. The predicted molar refractivity (Wildman–Crippen MR) is 52.0 cm³/mol. The van der Waals surface area contributed by atoms with Gasteiger partial charge in [0.1, 0.15) is 0 Å². The molecular weight excluding hydrogens is 184 g/mol. The van der Waals surface area contributed by atoms with E-state index in [1.165, 1.54) is 0 Å². The van der Waals surface area contributed by atoms with Crippen LogP contribution in [0.2, 0.25) is 0 Å². The molecule has 0 heterocycles. The second-order valence-corrected chi connectivity index (χ2v) is 4.58. The van der Waals surface area contributed by atoms with Gasteiger partial charge in [-0.25, -0.2) is 0 Å². The Balaban J connectivity index is 4.61. The van der Waals surface area contributed by atoms with Gasteiger partial charge in [0, 0.05) is 0 Å². The standard InChI is InChI=1S/C10H18O4/c1-6(2)10(3,4)5-7(8(11)12)9(13)14/h6-7H,5H2,1-4H3,(H,11,12)(H,13,14). The third-order valence-electron chi connectivity index (χ3n) is 2.89. The molecule has 0 bridgehead atoms. The lowest BCUT2D eigenvalue weighted by molar-refractivity contribution is -0.156. The van der Waals surface area contributed by atoms with Crippen LogP contribution in [0.3, 0.4) is 0 Å². The van der Waals surface area contributed by atoms with Crippen molar-refractivity contribution in [3.05, 3.63) is 0 Å². The van der Waals surface area contributed by atoms with Crippen molar-refractivity contribution in [2.45, 2.75) is 34.1 Å².